The Bertz CT molecular complexity index is 566. The lowest BCUT2D eigenvalue weighted by Crippen LogP contribution is -2.16. The average molecular weight is 282 g/mol. The second-order valence-corrected chi connectivity index (χ2v) is 4.77. The molecule has 0 amide bonds. The maximum atomic E-state index is 13.0. The lowest BCUT2D eigenvalue weighted by molar-refractivity contribution is 0.576. The van der Waals surface area contributed by atoms with Crippen molar-refractivity contribution in [1.82, 2.24) is 15.1 Å². The third-order valence-electron chi connectivity index (χ3n) is 2.96. The highest BCUT2D eigenvalue weighted by Gasteiger charge is 2.11. The minimum atomic E-state index is -0.216. The van der Waals surface area contributed by atoms with Crippen molar-refractivity contribution in [3.8, 4) is 0 Å². The second-order valence-electron chi connectivity index (χ2n) is 4.40. The highest BCUT2D eigenvalue weighted by molar-refractivity contribution is 6.31. The summed E-state index contributed by atoms with van der Waals surface area (Å²) in [5.74, 6) is -0.216. The van der Waals surface area contributed by atoms with Crippen molar-refractivity contribution in [3.63, 3.8) is 0 Å². The van der Waals surface area contributed by atoms with Crippen molar-refractivity contribution in [2.45, 2.75) is 33.5 Å². The van der Waals surface area contributed by atoms with Crippen molar-refractivity contribution < 1.29 is 4.39 Å². The summed E-state index contributed by atoms with van der Waals surface area (Å²) < 4.78 is 14.9. The maximum Gasteiger partial charge on any atom is 0.123 e. The lowest BCUT2D eigenvalue weighted by Gasteiger charge is -2.07. The first-order valence-electron chi connectivity index (χ1n) is 6.28. The molecule has 0 unspecified atom stereocenters. The van der Waals surface area contributed by atoms with Gasteiger partial charge in [0, 0.05) is 19.6 Å². The Hall–Kier alpha value is -1.39. The molecule has 0 spiro atoms. The molecule has 0 fully saturated rings. The summed E-state index contributed by atoms with van der Waals surface area (Å²) in [6, 6.07) is 6.56. The molecule has 102 valence electrons. The summed E-state index contributed by atoms with van der Waals surface area (Å²) in [5.41, 5.74) is 2.72. The van der Waals surface area contributed by atoms with Crippen LogP contribution in [0.5, 0.6) is 0 Å². The van der Waals surface area contributed by atoms with E-state index in [0.29, 0.717) is 18.1 Å². The molecule has 0 saturated heterocycles. The summed E-state index contributed by atoms with van der Waals surface area (Å²) in [5, 5.41) is 8.32. The van der Waals surface area contributed by atoms with Gasteiger partial charge in [0.15, 0.2) is 0 Å². The summed E-state index contributed by atoms with van der Waals surface area (Å²) >= 11 is 6.22. The number of hydrogen-bond acceptors (Lipinski definition) is 2. The number of aromatic nitrogens is 2. The van der Waals surface area contributed by atoms with Crippen molar-refractivity contribution in [2.75, 3.05) is 0 Å². The number of halogens is 2. The van der Waals surface area contributed by atoms with Crippen LogP contribution in [0.3, 0.4) is 0 Å². The van der Waals surface area contributed by atoms with Gasteiger partial charge in [-0.3, -0.25) is 4.68 Å². The van der Waals surface area contributed by atoms with Gasteiger partial charge in [0.25, 0.3) is 0 Å². The van der Waals surface area contributed by atoms with Crippen LogP contribution in [-0.4, -0.2) is 9.78 Å². The number of rotatable bonds is 5. The number of nitrogens with zero attached hydrogens (tertiary/aromatic N) is 2. The lowest BCUT2D eigenvalue weighted by atomic mass is 10.2. The molecule has 5 heteroatoms. The molecule has 0 aliphatic rings. The van der Waals surface area contributed by atoms with Crippen LogP contribution in [0.2, 0.25) is 5.02 Å². The fraction of sp³-hybridized carbons (Fsp3) is 0.357. The van der Waals surface area contributed by atoms with E-state index in [1.165, 1.54) is 12.1 Å². The SMILES string of the molecule is CCn1nc(C)c(Cl)c1CNCc1cccc(F)c1. The monoisotopic (exact) mass is 281 g/mol. The molecule has 19 heavy (non-hydrogen) atoms. The molecule has 1 aromatic carbocycles. The predicted octanol–water partition coefficient (Wildman–Crippen LogP) is 3.29. The highest BCUT2D eigenvalue weighted by Crippen LogP contribution is 2.20. The van der Waals surface area contributed by atoms with Crippen molar-refractivity contribution in [2.24, 2.45) is 0 Å². The highest BCUT2D eigenvalue weighted by atomic mass is 35.5. The standard InChI is InChI=1S/C14H17ClFN3/c1-3-19-13(14(15)10(2)18-19)9-17-8-11-5-4-6-12(16)7-11/h4-7,17H,3,8-9H2,1-2H3. The first kappa shape index (κ1) is 14.0. The van der Waals surface area contributed by atoms with Gasteiger partial charge in [0.2, 0.25) is 0 Å². The van der Waals surface area contributed by atoms with Gasteiger partial charge < -0.3 is 5.32 Å². The quantitative estimate of drug-likeness (QED) is 0.911. The van der Waals surface area contributed by atoms with Gasteiger partial charge in [-0.2, -0.15) is 5.10 Å². The molecule has 3 nitrogen and oxygen atoms in total. The van der Waals surface area contributed by atoms with Gasteiger partial charge >= 0.3 is 0 Å². The van der Waals surface area contributed by atoms with Gasteiger partial charge in [-0.15, -0.1) is 0 Å². The Morgan fingerprint density at radius 1 is 1.37 bits per heavy atom. The topological polar surface area (TPSA) is 29.9 Å². The van der Waals surface area contributed by atoms with Gasteiger partial charge in [-0.05, 0) is 31.5 Å². The van der Waals surface area contributed by atoms with E-state index in [4.69, 9.17) is 11.6 Å². The van der Waals surface area contributed by atoms with Crippen LogP contribution >= 0.6 is 11.6 Å². The molecule has 0 saturated carbocycles. The Morgan fingerprint density at radius 2 is 2.16 bits per heavy atom. The van der Waals surface area contributed by atoms with Crippen LogP contribution in [0.4, 0.5) is 4.39 Å². The largest absolute Gasteiger partial charge is 0.307 e. The van der Waals surface area contributed by atoms with Crippen LogP contribution < -0.4 is 5.32 Å². The van der Waals surface area contributed by atoms with E-state index in [1.807, 2.05) is 24.6 Å². The molecule has 0 bridgehead atoms. The Balaban J connectivity index is 1.99. The molecule has 0 radical (unpaired) electrons. The van der Waals surface area contributed by atoms with Crippen molar-refractivity contribution in [1.29, 1.82) is 0 Å². The first-order chi connectivity index (χ1) is 9.11. The number of hydrogen-bond donors (Lipinski definition) is 1. The molecule has 2 aromatic rings. The number of nitrogens with one attached hydrogen (secondary N) is 1. The minimum Gasteiger partial charge on any atom is -0.307 e. The van der Waals surface area contributed by atoms with E-state index in [9.17, 15) is 4.39 Å². The molecule has 1 N–H and O–H groups in total. The molecule has 0 atom stereocenters. The van der Waals surface area contributed by atoms with Crippen molar-refractivity contribution >= 4 is 11.6 Å². The smallest absolute Gasteiger partial charge is 0.123 e. The maximum absolute atomic E-state index is 13.0. The van der Waals surface area contributed by atoms with Gasteiger partial charge in [0.1, 0.15) is 5.82 Å². The molecule has 1 aromatic heterocycles. The Labute approximate surface area is 117 Å². The summed E-state index contributed by atoms with van der Waals surface area (Å²) in [6.45, 7) is 5.92. The van der Waals surface area contributed by atoms with Crippen LogP contribution in [0, 0.1) is 12.7 Å². The third kappa shape index (κ3) is 3.33. The normalized spacial score (nSPS) is 10.9. The molecule has 0 aliphatic heterocycles. The van der Waals surface area contributed by atoms with Gasteiger partial charge in [0.05, 0.1) is 16.4 Å². The molecular formula is C14H17ClFN3. The van der Waals surface area contributed by atoms with E-state index < -0.39 is 0 Å². The summed E-state index contributed by atoms with van der Waals surface area (Å²) in [6.07, 6.45) is 0. The van der Waals surface area contributed by atoms with Crippen LogP contribution in [0.1, 0.15) is 23.9 Å². The van der Waals surface area contributed by atoms with Crippen LogP contribution in [0.15, 0.2) is 24.3 Å². The molecular weight excluding hydrogens is 265 g/mol. The zero-order valence-electron chi connectivity index (χ0n) is 11.1. The molecule has 2 rings (SSSR count). The summed E-state index contributed by atoms with van der Waals surface area (Å²) in [7, 11) is 0. The fourth-order valence-electron chi connectivity index (χ4n) is 2.01. The fourth-order valence-corrected chi connectivity index (χ4v) is 2.21. The van der Waals surface area contributed by atoms with E-state index in [-0.39, 0.29) is 5.82 Å². The molecule has 0 aliphatic carbocycles. The van der Waals surface area contributed by atoms with Gasteiger partial charge in [-0.25, -0.2) is 4.39 Å². The van der Waals surface area contributed by atoms with Gasteiger partial charge in [-0.1, -0.05) is 23.7 Å². The zero-order valence-corrected chi connectivity index (χ0v) is 11.8. The Kier molecular flexibility index (Phi) is 4.56. The van der Waals surface area contributed by atoms with E-state index in [2.05, 4.69) is 10.4 Å². The van der Waals surface area contributed by atoms with E-state index in [1.54, 1.807) is 6.07 Å². The third-order valence-corrected chi connectivity index (χ3v) is 3.46. The molecule has 1 heterocycles. The average Bonchev–Trinajstić information content (AvgIpc) is 2.66. The second kappa shape index (κ2) is 6.17. The van der Waals surface area contributed by atoms with E-state index in [0.717, 1.165) is 23.5 Å². The Morgan fingerprint density at radius 3 is 2.84 bits per heavy atom. The number of benzene rings is 1. The zero-order chi connectivity index (χ0) is 13.8. The first-order valence-corrected chi connectivity index (χ1v) is 6.66. The number of aryl methyl sites for hydroxylation is 2. The van der Waals surface area contributed by atoms with Crippen LogP contribution in [-0.2, 0) is 19.6 Å². The predicted molar refractivity (Wildman–Crippen MR) is 74.6 cm³/mol. The summed E-state index contributed by atoms with van der Waals surface area (Å²) in [4.78, 5) is 0. The van der Waals surface area contributed by atoms with E-state index >= 15 is 0 Å². The van der Waals surface area contributed by atoms with Crippen LogP contribution in [0.25, 0.3) is 0 Å². The minimum absolute atomic E-state index is 0.216. The van der Waals surface area contributed by atoms with Crippen molar-refractivity contribution in [3.05, 3.63) is 52.1 Å².